The molecule has 0 amide bonds. The zero-order valence-corrected chi connectivity index (χ0v) is 11.9. The van der Waals surface area contributed by atoms with Crippen LogP contribution in [0.15, 0.2) is 21.5 Å². The van der Waals surface area contributed by atoms with Gasteiger partial charge in [-0.25, -0.2) is 4.79 Å². The van der Waals surface area contributed by atoms with Gasteiger partial charge >= 0.3 is 11.5 Å². The van der Waals surface area contributed by atoms with Crippen molar-refractivity contribution in [3.63, 3.8) is 0 Å². The van der Waals surface area contributed by atoms with Gasteiger partial charge in [-0.15, -0.1) is 0 Å². The summed E-state index contributed by atoms with van der Waals surface area (Å²) in [5.41, 5.74) is -4.66. The van der Waals surface area contributed by atoms with Gasteiger partial charge in [-0.05, 0) is 46.7 Å². The van der Waals surface area contributed by atoms with Gasteiger partial charge < -0.3 is 4.74 Å². The summed E-state index contributed by atoms with van der Waals surface area (Å²) in [5, 5.41) is 8.85. The lowest BCUT2D eigenvalue weighted by atomic mass is 10.1. The molecule has 0 heterocycles. The van der Waals surface area contributed by atoms with Crippen LogP contribution in [0.25, 0.3) is 0 Å². The number of ether oxygens (including phenoxy) is 1. The number of thioether (sulfide) groups is 1. The maximum Gasteiger partial charge on any atom is 0.446 e. The molecule has 102 valence electrons. The molecule has 0 bridgehead atoms. The Morgan fingerprint density at radius 1 is 1.53 bits per heavy atom. The van der Waals surface area contributed by atoms with E-state index in [4.69, 9.17) is 10.00 Å². The first-order chi connectivity index (χ1) is 8.78. The van der Waals surface area contributed by atoms with Crippen LogP contribution in [0, 0.1) is 11.3 Å². The molecule has 0 N–H and O–H groups in total. The lowest BCUT2D eigenvalue weighted by Crippen LogP contribution is -2.07. The van der Waals surface area contributed by atoms with Crippen LogP contribution in [-0.4, -0.2) is 18.1 Å². The summed E-state index contributed by atoms with van der Waals surface area (Å²) >= 11 is 2.62. The van der Waals surface area contributed by atoms with Crippen LogP contribution in [0.5, 0.6) is 0 Å². The smallest absolute Gasteiger partial charge is 0.446 e. The average molecular weight is 354 g/mol. The van der Waals surface area contributed by atoms with Gasteiger partial charge in [0.2, 0.25) is 0 Å². The summed E-state index contributed by atoms with van der Waals surface area (Å²) in [6.45, 7) is 1.66. The number of nitriles is 1. The molecule has 0 saturated heterocycles. The zero-order valence-electron chi connectivity index (χ0n) is 9.55. The molecular formula is C11H7BrF3NO2S. The normalized spacial score (nSPS) is 10.9. The van der Waals surface area contributed by atoms with Crippen molar-refractivity contribution in [3.05, 3.63) is 27.7 Å². The summed E-state index contributed by atoms with van der Waals surface area (Å²) in [5.74, 6) is -0.782. The van der Waals surface area contributed by atoms with Crippen LogP contribution >= 0.6 is 27.7 Å². The highest BCUT2D eigenvalue weighted by molar-refractivity contribution is 9.10. The summed E-state index contributed by atoms with van der Waals surface area (Å²) in [6.07, 6.45) is 0. The SMILES string of the molecule is CCOC(=O)c1cc(SC(F)(F)F)cc(C#N)c1Br. The topological polar surface area (TPSA) is 50.1 Å². The van der Waals surface area contributed by atoms with Crippen LogP contribution in [0.1, 0.15) is 22.8 Å². The van der Waals surface area contributed by atoms with Gasteiger partial charge in [-0.2, -0.15) is 18.4 Å². The molecule has 0 atom stereocenters. The van der Waals surface area contributed by atoms with Gasteiger partial charge in [0.15, 0.2) is 0 Å². The molecule has 1 rings (SSSR count). The van der Waals surface area contributed by atoms with Gasteiger partial charge in [0.05, 0.1) is 17.7 Å². The Morgan fingerprint density at radius 2 is 2.16 bits per heavy atom. The number of nitrogens with zero attached hydrogens (tertiary/aromatic N) is 1. The van der Waals surface area contributed by atoms with E-state index in [9.17, 15) is 18.0 Å². The summed E-state index contributed by atoms with van der Waals surface area (Å²) in [6, 6.07) is 3.83. The van der Waals surface area contributed by atoms with Gasteiger partial charge in [-0.1, -0.05) is 0 Å². The quantitative estimate of drug-likeness (QED) is 0.606. The van der Waals surface area contributed by atoms with Crippen LogP contribution in [0.4, 0.5) is 13.2 Å². The van der Waals surface area contributed by atoms with Crippen molar-refractivity contribution in [3.8, 4) is 6.07 Å². The van der Waals surface area contributed by atoms with Gasteiger partial charge in [0, 0.05) is 9.37 Å². The Kier molecular flexibility index (Phi) is 5.26. The highest BCUT2D eigenvalue weighted by Gasteiger charge is 2.30. The lowest BCUT2D eigenvalue weighted by molar-refractivity contribution is -0.0328. The minimum atomic E-state index is -4.49. The molecule has 0 spiro atoms. The second kappa shape index (κ2) is 6.30. The average Bonchev–Trinajstić information content (AvgIpc) is 2.29. The van der Waals surface area contributed by atoms with E-state index in [1.807, 2.05) is 0 Å². The monoisotopic (exact) mass is 353 g/mol. The first kappa shape index (κ1) is 15.9. The third-order valence-corrected chi connectivity index (χ3v) is 3.45. The standard InChI is InChI=1S/C11H7BrF3NO2S/c1-2-18-10(17)8-4-7(19-11(13,14)15)3-6(5-16)9(8)12/h3-4H,2H2,1H3. The predicted octanol–water partition coefficient (Wildman–Crippen LogP) is 4.11. The van der Waals surface area contributed by atoms with Gasteiger partial charge in [0.1, 0.15) is 6.07 Å². The fourth-order valence-electron chi connectivity index (χ4n) is 1.23. The molecule has 0 unspecified atom stereocenters. The second-order valence-electron chi connectivity index (χ2n) is 3.21. The Hall–Kier alpha value is -1.20. The van der Waals surface area contributed by atoms with Crippen molar-refractivity contribution in [1.82, 2.24) is 0 Å². The predicted molar refractivity (Wildman–Crippen MR) is 66.7 cm³/mol. The minimum absolute atomic E-state index is 0.0581. The van der Waals surface area contributed by atoms with E-state index in [1.165, 1.54) is 0 Å². The van der Waals surface area contributed by atoms with Gasteiger partial charge in [0.25, 0.3) is 0 Å². The number of hydrogen-bond donors (Lipinski definition) is 0. The first-order valence-electron chi connectivity index (χ1n) is 4.95. The largest absolute Gasteiger partial charge is 0.462 e. The maximum atomic E-state index is 12.3. The molecule has 0 saturated carbocycles. The van der Waals surface area contributed by atoms with Crippen LogP contribution in [-0.2, 0) is 4.74 Å². The van der Waals surface area contributed by atoms with E-state index in [2.05, 4.69) is 15.9 Å². The van der Waals surface area contributed by atoms with E-state index in [0.717, 1.165) is 12.1 Å². The van der Waals surface area contributed by atoms with Crippen LogP contribution in [0.3, 0.4) is 0 Å². The zero-order chi connectivity index (χ0) is 14.6. The Bertz CT molecular complexity index is 540. The fraction of sp³-hybridized carbons (Fsp3) is 0.273. The Balaban J connectivity index is 3.27. The highest BCUT2D eigenvalue weighted by atomic mass is 79.9. The Labute approximate surface area is 119 Å². The van der Waals surface area contributed by atoms with Crippen molar-refractivity contribution in [2.75, 3.05) is 6.61 Å². The number of halogens is 4. The lowest BCUT2D eigenvalue weighted by Gasteiger charge is -2.10. The van der Waals surface area contributed by atoms with E-state index >= 15 is 0 Å². The fourth-order valence-corrected chi connectivity index (χ4v) is 2.33. The first-order valence-corrected chi connectivity index (χ1v) is 6.56. The van der Waals surface area contributed by atoms with E-state index in [0.29, 0.717) is 0 Å². The summed E-state index contributed by atoms with van der Waals surface area (Å²) < 4.78 is 41.8. The minimum Gasteiger partial charge on any atom is -0.462 e. The molecule has 1 aromatic carbocycles. The van der Waals surface area contributed by atoms with Crippen molar-refractivity contribution in [2.45, 2.75) is 17.3 Å². The van der Waals surface area contributed by atoms with Crippen LogP contribution < -0.4 is 0 Å². The number of carbonyl (C=O) groups is 1. The van der Waals surface area contributed by atoms with Crippen molar-refractivity contribution in [2.24, 2.45) is 0 Å². The van der Waals surface area contributed by atoms with Crippen molar-refractivity contribution >= 4 is 33.7 Å². The molecule has 0 aliphatic rings. The maximum absolute atomic E-state index is 12.3. The molecule has 8 heteroatoms. The van der Waals surface area contributed by atoms with Crippen molar-refractivity contribution < 1.29 is 22.7 Å². The molecule has 0 aliphatic heterocycles. The molecule has 0 aliphatic carbocycles. The summed E-state index contributed by atoms with van der Waals surface area (Å²) in [7, 11) is 0. The van der Waals surface area contributed by atoms with E-state index in [1.54, 1.807) is 13.0 Å². The molecule has 1 aromatic rings. The molecule has 0 radical (unpaired) electrons. The third kappa shape index (κ3) is 4.44. The van der Waals surface area contributed by atoms with E-state index in [-0.39, 0.29) is 27.1 Å². The summed E-state index contributed by atoms with van der Waals surface area (Å²) in [4.78, 5) is 11.4. The molecular weight excluding hydrogens is 347 g/mol. The Morgan fingerprint density at radius 3 is 2.63 bits per heavy atom. The van der Waals surface area contributed by atoms with Crippen LogP contribution in [0.2, 0.25) is 0 Å². The highest BCUT2D eigenvalue weighted by Crippen LogP contribution is 2.39. The number of rotatable bonds is 3. The number of hydrogen-bond acceptors (Lipinski definition) is 4. The van der Waals surface area contributed by atoms with Gasteiger partial charge in [-0.3, -0.25) is 0 Å². The molecule has 3 nitrogen and oxygen atoms in total. The number of alkyl halides is 3. The molecule has 0 aromatic heterocycles. The third-order valence-electron chi connectivity index (χ3n) is 1.90. The number of esters is 1. The molecule has 0 fully saturated rings. The van der Waals surface area contributed by atoms with E-state index < -0.39 is 23.2 Å². The second-order valence-corrected chi connectivity index (χ2v) is 5.14. The number of benzene rings is 1. The van der Waals surface area contributed by atoms with Crippen molar-refractivity contribution in [1.29, 1.82) is 5.26 Å². The molecule has 19 heavy (non-hydrogen) atoms. The number of carbonyl (C=O) groups excluding carboxylic acids is 1.